The van der Waals surface area contributed by atoms with Crippen LogP contribution in [0.1, 0.15) is 33.1 Å². The third kappa shape index (κ3) is 3.28. The summed E-state index contributed by atoms with van der Waals surface area (Å²) in [4.78, 5) is 2.65. The van der Waals surface area contributed by atoms with E-state index in [2.05, 4.69) is 24.1 Å². The summed E-state index contributed by atoms with van der Waals surface area (Å²) >= 11 is 0. The second-order valence-corrected chi connectivity index (χ2v) is 7.00. The molecule has 16 heavy (non-hydrogen) atoms. The van der Waals surface area contributed by atoms with E-state index in [-0.39, 0.29) is 0 Å². The summed E-state index contributed by atoms with van der Waals surface area (Å²) < 4.78 is 11.1. The van der Waals surface area contributed by atoms with E-state index < -0.39 is 10.8 Å². The van der Waals surface area contributed by atoms with Gasteiger partial charge in [-0.2, -0.15) is 0 Å². The minimum atomic E-state index is -0.686. The summed E-state index contributed by atoms with van der Waals surface area (Å²) in [6.07, 6.45) is 5.82. The largest absolute Gasteiger partial charge is 0.309 e. The molecule has 0 radical (unpaired) electrons. The fourth-order valence-corrected chi connectivity index (χ4v) is 3.69. The fourth-order valence-electron chi connectivity index (χ4n) is 2.89. The second kappa shape index (κ2) is 5.15. The highest BCUT2D eigenvalue weighted by Crippen LogP contribution is 2.33. The number of hydrogen-bond acceptors (Lipinski definition) is 3. The van der Waals surface area contributed by atoms with E-state index in [0.29, 0.717) is 12.1 Å². The molecule has 1 saturated carbocycles. The van der Waals surface area contributed by atoms with Gasteiger partial charge in [-0.05, 0) is 33.1 Å². The number of nitrogens with one attached hydrogen (secondary N) is 1. The zero-order chi connectivity index (χ0) is 11.7. The molecule has 0 aromatic heterocycles. The van der Waals surface area contributed by atoms with Crippen molar-refractivity contribution in [2.45, 2.75) is 57.3 Å². The lowest BCUT2D eigenvalue weighted by atomic mass is 10.2. The van der Waals surface area contributed by atoms with E-state index in [9.17, 15) is 4.21 Å². The van der Waals surface area contributed by atoms with Gasteiger partial charge in [-0.15, -0.1) is 0 Å². The SMILES string of the molecule is CC(CS(C)=O)NC1CC(C)N(C2CC2)C1. The molecule has 0 aromatic rings. The Hall–Kier alpha value is 0.0700. The molecule has 94 valence electrons. The van der Waals surface area contributed by atoms with E-state index in [1.54, 1.807) is 6.26 Å². The normalized spacial score (nSPS) is 35.2. The lowest BCUT2D eigenvalue weighted by molar-refractivity contribution is 0.254. The Morgan fingerprint density at radius 2 is 2.19 bits per heavy atom. The highest BCUT2D eigenvalue weighted by Gasteiger charge is 2.38. The second-order valence-electron chi connectivity index (χ2n) is 5.52. The van der Waals surface area contributed by atoms with E-state index in [4.69, 9.17) is 0 Å². The molecule has 0 bridgehead atoms. The van der Waals surface area contributed by atoms with Crippen LogP contribution in [0.25, 0.3) is 0 Å². The molecule has 1 heterocycles. The maximum absolute atomic E-state index is 11.1. The van der Waals surface area contributed by atoms with Crippen LogP contribution in [-0.4, -0.2) is 51.8 Å². The van der Waals surface area contributed by atoms with E-state index in [1.165, 1.54) is 25.8 Å². The van der Waals surface area contributed by atoms with Crippen molar-refractivity contribution in [3.05, 3.63) is 0 Å². The van der Waals surface area contributed by atoms with Crippen molar-refractivity contribution < 1.29 is 4.21 Å². The van der Waals surface area contributed by atoms with Crippen molar-refractivity contribution in [2.24, 2.45) is 0 Å². The van der Waals surface area contributed by atoms with Crippen molar-refractivity contribution >= 4 is 10.8 Å². The van der Waals surface area contributed by atoms with Gasteiger partial charge < -0.3 is 5.32 Å². The third-order valence-electron chi connectivity index (χ3n) is 3.64. The molecule has 1 aliphatic heterocycles. The zero-order valence-corrected chi connectivity index (χ0v) is 11.4. The predicted octanol–water partition coefficient (Wildman–Crippen LogP) is 0.968. The van der Waals surface area contributed by atoms with Gasteiger partial charge in [0, 0.05) is 53.5 Å². The Kier molecular flexibility index (Phi) is 4.03. The molecule has 2 rings (SSSR count). The molecule has 0 aromatic carbocycles. The molecule has 1 N–H and O–H groups in total. The molecule has 4 atom stereocenters. The predicted molar refractivity (Wildman–Crippen MR) is 69.1 cm³/mol. The molecule has 2 aliphatic rings. The van der Waals surface area contributed by atoms with Crippen molar-refractivity contribution in [3.8, 4) is 0 Å². The van der Waals surface area contributed by atoms with Crippen LogP contribution in [0.4, 0.5) is 0 Å². The Bertz CT molecular complexity index is 268. The standard InChI is InChI=1S/C12H24N2OS/c1-9(8-16(3)15)13-11-6-10(2)14(7-11)12-4-5-12/h9-13H,4-8H2,1-3H3. The molecule has 1 saturated heterocycles. The monoisotopic (exact) mass is 244 g/mol. The van der Waals surface area contributed by atoms with E-state index >= 15 is 0 Å². The molecule has 4 heteroatoms. The van der Waals surface area contributed by atoms with Crippen molar-refractivity contribution in [2.75, 3.05) is 18.6 Å². The minimum absolute atomic E-state index is 0.377. The maximum atomic E-state index is 11.1. The number of nitrogens with zero attached hydrogens (tertiary/aromatic N) is 1. The Morgan fingerprint density at radius 1 is 1.50 bits per heavy atom. The first-order chi connectivity index (χ1) is 7.56. The number of hydrogen-bond donors (Lipinski definition) is 1. The third-order valence-corrected chi connectivity index (χ3v) is 4.61. The van der Waals surface area contributed by atoms with Gasteiger partial charge in [0.25, 0.3) is 0 Å². The maximum Gasteiger partial charge on any atom is 0.0383 e. The smallest absolute Gasteiger partial charge is 0.0383 e. The van der Waals surface area contributed by atoms with Gasteiger partial charge in [-0.25, -0.2) is 0 Å². The number of likely N-dealkylation sites (tertiary alicyclic amines) is 1. The first kappa shape index (κ1) is 12.5. The lowest BCUT2D eigenvalue weighted by Gasteiger charge is -2.21. The summed E-state index contributed by atoms with van der Waals surface area (Å²) in [6.45, 7) is 5.67. The highest BCUT2D eigenvalue weighted by molar-refractivity contribution is 7.84. The van der Waals surface area contributed by atoms with Crippen LogP contribution in [0, 0.1) is 0 Å². The van der Waals surface area contributed by atoms with Crippen LogP contribution in [0.3, 0.4) is 0 Å². The van der Waals surface area contributed by atoms with Gasteiger partial charge >= 0.3 is 0 Å². The van der Waals surface area contributed by atoms with Crippen LogP contribution >= 0.6 is 0 Å². The first-order valence-corrected chi connectivity index (χ1v) is 8.10. The molecule has 3 nitrogen and oxygen atoms in total. The quantitative estimate of drug-likeness (QED) is 0.782. The first-order valence-electron chi connectivity index (χ1n) is 6.38. The van der Waals surface area contributed by atoms with E-state index in [0.717, 1.165) is 17.8 Å². The lowest BCUT2D eigenvalue weighted by Crippen LogP contribution is -2.41. The molecule has 2 fully saturated rings. The average molecular weight is 244 g/mol. The fraction of sp³-hybridized carbons (Fsp3) is 1.00. The molecule has 1 aliphatic carbocycles. The molecular formula is C12H24N2OS. The molecular weight excluding hydrogens is 220 g/mol. The zero-order valence-electron chi connectivity index (χ0n) is 10.6. The van der Waals surface area contributed by atoms with Crippen molar-refractivity contribution in [1.82, 2.24) is 10.2 Å². The van der Waals surface area contributed by atoms with Crippen LogP contribution < -0.4 is 5.32 Å². The average Bonchev–Trinajstić information content (AvgIpc) is 2.90. The molecule has 0 spiro atoms. The topological polar surface area (TPSA) is 32.3 Å². The van der Waals surface area contributed by atoms with Crippen LogP contribution in [0.2, 0.25) is 0 Å². The Morgan fingerprint density at radius 3 is 2.75 bits per heavy atom. The van der Waals surface area contributed by atoms with Crippen LogP contribution in [0.5, 0.6) is 0 Å². The Balaban J connectivity index is 1.76. The number of rotatable bonds is 5. The van der Waals surface area contributed by atoms with Gasteiger partial charge in [-0.1, -0.05) is 0 Å². The Labute approximate surface area is 101 Å². The van der Waals surface area contributed by atoms with Gasteiger partial charge in [0.2, 0.25) is 0 Å². The van der Waals surface area contributed by atoms with E-state index in [1.807, 2.05) is 0 Å². The van der Waals surface area contributed by atoms with Crippen LogP contribution in [0.15, 0.2) is 0 Å². The summed E-state index contributed by atoms with van der Waals surface area (Å²) in [7, 11) is -0.686. The van der Waals surface area contributed by atoms with Crippen molar-refractivity contribution in [3.63, 3.8) is 0 Å². The van der Waals surface area contributed by atoms with Crippen LogP contribution in [-0.2, 0) is 10.8 Å². The summed E-state index contributed by atoms with van der Waals surface area (Å²) in [6, 6.07) is 2.58. The van der Waals surface area contributed by atoms with Crippen molar-refractivity contribution in [1.29, 1.82) is 0 Å². The molecule has 4 unspecified atom stereocenters. The van der Waals surface area contributed by atoms with Gasteiger partial charge in [0.05, 0.1) is 0 Å². The summed E-state index contributed by atoms with van der Waals surface area (Å²) in [5.41, 5.74) is 0. The highest BCUT2D eigenvalue weighted by atomic mass is 32.2. The van der Waals surface area contributed by atoms with Gasteiger partial charge in [-0.3, -0.25) is 9.11 Å². The van der Waals surface area contributed by atoms with Gasteiger partial charge in [0.1, 0.15) is 0 Å². The molecule has 0 amide bonds. The summed E-state index contributed by atoms with van der Waals surface area (Å²) in [5, 5.41) is 3.62. The summed E-state index contributed by atoms with van der Waals surface area (Å²) in [5.74, 6) is 0.772. The van der Waals surface area contributed by atoms with Gasteiger partial charge in [0.15, 0.2) is 0 Å². The minimum Gasteiger partial charge on any atom is -0.309 e.